The van der Waals surface area contributed by atoms with Crippen LogP contribution in [0.15, 0.2) is 24.3 Å². The summed E-state index contributed by atoms with van der Waals surface area (Å²) in [6.45, 7) is 2.58. The van der Waals surface area contributed by atoms with Crippen molar-refractivity contribution in [2.24, 2.45) is 11.8 Å². The highest BCUT2D eigenvalue weighted by molar-refractivity contribution is 5.85. The summed E-state index contributed by atoms with van der Waals surface area (Å²) in [5.74, 6) is 3.86. The average Bonchev–Trinajstić information content (AvgIpc) is 3.18. The molecule has 1 aliphatic heterocycles. The molecule has 3 fully saturated rings. The molecule has 0 unspecified atom stereocenters. The molecule has 3 atom stereocenters. The van der Waals surface area contributed by atoms with Gasteiger partial charge in [-0.1, -0.05) is 24.6 Å². The van der Waals surface area contributed by atoms with E-state index in [0.717, 1.165) is 23.6 Å². The van der Waals surface area contributed by atoms with Gasteiger partial charge in [-0.15, -0.1) is 12.4 Å². The topological polar surface area (TPSA) is 12.5 Å². The first kappa shape index (κ1) is 16.1. The van der Waals surface area contributed by atoms with Crippen molar-refractivity contribution in [2.45, 2.75) is 50.5 Å². The van der Waals surface area contributed by atoms with Crippen LogP contribution < -0.4 is 4.74 Å². The maximum Gasteiger partial charge on any atom is 0.122 e. The van der Waals surface area contributed by atoms with E-state index in [0.29, 0.717) is 5.92 Å². The predicted molar refractivity (Wildman–Crippen MR) is 93.0 cm³/mol. The molecule has 3 aliphatic rings. The molecule has 1 aromatic carbocycles. The summed E-state index contributed by atoms with van der Waals surface area (Å²) < 4.78 is 5.55. The van der Waals surface area contributed by atoms with Gasteiger partial charge in [0.25, 0.3) is 0 Å². The first-order valence-electron chi connectivity index (χ1n) is 8.72. The van der Waals surface area contributed by atoms with E-state index in [1.54, 1.807) is 7.11 Å². The van der Waals surface area contributed by atoms with Crippen molar-refractivity contribution < 1.29 is 4.74 Å². The Hall–Kier alpha value is -0.730. The molecule has 0 amide bonds. The molecule has 1 saturated heterocycles. The lowest BCUT2D eigenvalue weighted by Gasteiger charge is -2.40. The van der Waals surface area contributed by atoms with Gasteiger partial charge in [-0.05, 0) is 74.6 Å². The maximum absolute atomic E-state index is 5.55. The quantitative estimate of drug-likeness (QED) is 0.813. The molecule has 0 radical (unpaired) electrons. The number of rotatable bonds is 3. The number of ether oxygens (including phenoxy) is 1. The second-order valence-electron chi connectivity index (χ2n) is 7.29. The van der Waals surface area contributed by atoms with Gasteiger partial charge in [-0.3, -0.25) is 0 Å². The normalized spacial score (nSPS) is 32.0. The molecule has 0 spiro atoms. The SMILES string of the molecule is COc1ccccc1C1CCN([C@@H]2C[C@H]3CC[C@H]2C3)CC1.Cl. The first-order valence-corrected chi connectivity index (χ1v) is 8.72. The van der Waals surface area contributed by atoms with Gasteiger partial charge in [0.2, 0.25) is 0 Å². The van der Waals surface area contributed by atoms with Crippen LogP contribution in [0, 0.1) is 11.8 Å². The molecule has 22 heavy (non-hydrogen) atoms. The third kappa shape index (κ3) is 2.88. The van der Waals surface area contributed by atoms with E-state index in [-0.39, 0.29) is 12.4 Å². The summed E-state index contributed by atoms with van der Waals surface area (Å²) in [6, 6.07) is 9.52. The lowest BCUT2D eigenvalue weighted by Crippen LogP contribution is -2.43. The summed E-state index contributed by atoms with van der Waals surface area (Å²) >= 11 is 0. The van der Waals surface area contributed by atoms with E-state index in [2.05, 4.69) is 29.2 Å². The molecule has 0 N–H and O–H groups in total. The standard InChI is InChI=1S/C19H27NO.ClH/c1-21-19-5-3-2-4-17(19)15-8-10-20(11-9-15)18-13-14-6-7-16(18)12-14;/h2-5,14-16,18H,6-13H2,1H3;1H/t14-,16-,18+;/m0./s1. The monoisotopic (exact) mass is 321 g/mol. The van der Waals surface area contributed by atoms with Gasteiger partial charge in [-0.2, -0.15) is 0 Å². The summed E-state index contributed by atoms with van der Waals surface area (Å²) in [5, 5.41) is 0. The minimum Gasteiger partial charge on any atom is -0.496 e. The number of para-hydroxylation sites is 1. The number of hydrogen-bond acceptors (Lipinski definition) is 2. The van der Waals surface area contributed by atoms with Crippen LogP contribution in [-0.4, -0.2) is 31.1 Å². The van der Waals surface area contributed by atoms with Gasteiger partial charge >= 0.3 is 0 Å². The molecule has 2 saturated carbocycles. The number of benzene rings is 1. The van der Waals surface area contributed by atoms with Crippen LogP contribution >= 0.6 is 12.4 Å². The third-order valence-electron chi connectivity index (χ3n) is 6.28. The smallest absolute Gasteiger partial charge is 0.122 e. The second-order valence-corrected chi connectivity index (χ2v) is 7.29. The lowest BCUT2D eigenvalue weighted by molar-refractivity contribution is 0.110. The molecule has 4 rings (SSSR count). The Morgan fingerprint density at radius 2 is 1.77 bits per heavy atom. The van der Waals surface area contributed by atoms with Gasteiger partial charge in [-0.25, -0.2) is 0 Å². The number of piperidine rings is 1. The van der Waals surface area contributed by atoms with E-state index in [1.807, 2.05) is 0 Å². The molecule has 2 aliphatic carbocycles. The molecule has 1 aromatic rings. The molecule has 0 aromatic heterocycles. The van der Waals surface area contributed by atoms with Crippen LogP contribution in [0.5, 0.6) is 5.75 Å². The predicted octanol–water partition coefficient (Wildman–Crippen LogP) is 4.49. The molecule has 2 bridgehead atoms. The Morgan fingerprint density at radius 3 is 2.41 bits per heavy atom. The van der Waals surface area contributed by atoms with Crippen molar-refractivity contribution in [3.63, 3.8) is 0 Å². The van der Waals surface area contributed by atoms with Crippen molar-refractivity contribution in [3.8, 4) is 5.75 Å². The highest BCUT2D eigenvalue weighted by atomic mass is 35.5. The van der Waals surface area contributed by atoms with Crippen molar-refractivity contribution in [2.75, 3.05) is 20.2 Å². The Kier molecular flexibility index (Phi) is 4.99. The zero-order valence-electron chi connectivity index (χ0n) is 13.5. The van der Waals surface area contributed by atoms with Crippen LogP contribution in [0.25, 0.3) is 0 Å². The van der Waals surface area contributed by atoms with Crippen LogP contribution in [0.1, 0.15) is 50.0 Å². The Labute approximate surface area is 140 Å². The van der Waals surface area contributed by atoms with Crippen LogP contribution in [-0.2, 0) is 0 Å². The van der Waals surface area contributed by atoms with E-state index < -0.39 is 0 Å². The van der Waals surface area contributed by atoms with Crippen LogP contribution in [0.2, 0.25) is 0 Å². The fourth-order valence-corrected chi connectivity index (χ4v) is 5.20. The summed E-state index contributed by atoms with van der Waals surface area (Å²) in [7, 11) is 1.79. The fourth-order valence-electron chi connectivity index (χ4n) is 5.20. The van der Waals surface area contributed by atoms with Crippen LogP contribution in [0.4, 0.5) is 0 Å². The fraction of sp³-hybridized carbons (Fsp3) is 0.684. The summed E-state index contributed by atoms with van der Waals surface area (Å²) in [4.78, 5) is 2.82. The number of halogens is 1. The highest BCUT2D eigenvalue weighted by Crippen LogP contribution is 2.47. The van der Waals surface area contributed by atoms with Gasteiger partial charge in [0.1, 0.15) is 5.75 Å². The molecular weight excluding hydrogens is 294 g/mol. The Balaban J connectivity index is 0.00000144. The van der Waals surface area contributed by atoms with E-state index in [4.69, 9.17) is 4.74 Å². The van der Waals surface area contributed by atoms with E-state index in [1.165, 1.54) is 57.2 Å². The number of nitrogens with zero attached hydrogens (tertiary/aromatic N) is 1. The maximum atomic E-state index is 5.55. The van der Waals surface area contributed by atoms with Gasteiger partial charge in [0, 0.05) is 6.04 Å². The number of methoxy groups -OCH3 is 1. The van der Waals surface area contributed by atoms with Crippen molar-refractivity contribution in [3.05, 3.63) is 29.8 Å². The minimum absolute atomic E-state index is 0. The number of fused-ring (bicyclic) bond motifs is 2. The average molecular weight is 322 g/mol. The summed E-state index contributed by atoms with van der Waals surface area (Å²) in [6.07, 6.45) is 8.63. The molecule has 3 heteroatoms. The van der Waals surface area contributed by atoms with Crippen molar-refractivity contribution >= 4 is 12.4 Å². The molecule has 1 heterocycles. The second kappa shape index (κ2) is 6.80. The third-order valence-corrected chi connectivity index (χ3v) is 6.28. The molecule has 122 valence electrons. The Bertz CT molecular complexity index is 498. The molecular formula is C19H28ClNO. The zero-order chi connectivity index (χ0) is 14.2. The van der Waals surface area contributed by atoms with E-state index >= 15 is 0 Å². The zero-order valence-corrected chi connectivity index (χ0v) is 14.4. The largest absolute Gasteiger partial charge is 0.496 e. The highest BCUT2D eigenvalue weighted by Gasteiger charge is 2.42. The number of likely N-dealkylation sites (tertiary alicyclic amines) is 1. The van der Waals surface area contributed by atoms with Gasteiger partial charge in [0.05, 0.1) is 7.11 Å². The van der Waals surface area contributed by atoms with Crippen molar-refractivity contribution in [1.29, 1.82) is 0 Å². The molecule has 2 nitrogen and oxygen atoms in total. The number of hydrogen-bond donors (Lipinski definition) is 0. The van der Waals surface area contributed by atoms with Gasteiger partial charge < -0.3 is 9.64 Å². The van der Waals surface area contributed by atoms with Crippen molar-refractivity contribution in [1.82, 2.24) is 4.90 Å². The van der Waals surface area contributed by atoms with Crippen LogP contribution in [0.3, 0.4) is 0 Å². The first-order chi connectivity index (χ1) is 10.3. The van der Waals surface area contributed by atoms with Gasteiger partial charge in [0.15, 0.2) is 0 Å². The van der Waals surface area contributed by atoms with E-state index in [9.17, 15) is 0 Å². The summed E-state index contributed by atoms with van der Waals surface area (Å²) in [5.41, 5.74) is 1.42. The Morgan fingerprint density at radius 1 is 1.00 bits per heavy atom. The lowest BCUT2D eigenvalue weighted by atomic mass is 9.86. The minimum atomic E-state index is 0.